The van der Waals surface area contributed by atoms with Crippen LogP contribution in [0.25, 0.3) is 0 Å². The Morgan fingerprint density at radius 2 is 2.10 bits per heavy atom. The molecule has 0 bridgehead atoms. The lowest BCUT2D eigenvalue weighted by molar-refractivity contribution is 0.467. The normalized spacial score (nSPS) is 11.4. The van der Waals surface area contributed by atoms with E-state index in [2.05, 4.69) is 39.0 Å². The van der Waals surface area contributed by atoms with Crippen molar-refractivity contribution in [2.45, 2.75) is 32.2 Å². The highest BCUT2D eigenvalue weighted by Crippen LogP contribution is 1.96. The number of aliphatic imine (C=N–C) groups is 1. The van der Waals surface area contributed by atoms with Gasteiger partial charge in [-0.05, 0) is 25.7 Å². The first-order valence-corrected chi connectivity index (χ1v) is 7.13. The van der Waals surface area contributed by atoms with Crippen molar-refractivity contribution in [3.63, 3.8) is 0 Å². The van der Waals surface area contributed by atoms with Crippen LogP contribution in [0.4, 0.5) is 0 Å². The van der Waals surface area contributed by atoms with Gasteiger partial charge in [-0.3, -0.25) is 4.99 Å². The molecule has 0 atom stereocenters. The van der Waals surface area contributed by atoms with Crippen LogP contribution in [0.2, 0.25) is 0 Å². The van der Waals surface area contributed by atoms with E-state index < -0.39 is 0 Å². The molecule has 0 amide bonds. The second-order valence-electron chi connectivity index (χ2n) is 4.73. The van der Waals surface area contributed by atoms with Gasteiger partial charge in [-0.15, -0.1) is 16.8 Å². The van der Waals surface area contributed by atoms with E-state index in [-0.39, 0.29) is 0 Å². The van der Waals surface area contributed by atoms with Gasteiger partial charge < -0.3 is 14.8 Å². The topological polar surface area (TPSA) is 58.3 Å². The monoisotopic (exact) mass is 278 g/mol. The molecule has 0 aliphatic heterocycles. The summed E-state index contributed by atoms with van der Waals surface area (Å²) < 4.78 is 2.00. The standard InChI is InChI=1S/C14H26N6/c1-4-5-7-10-19(3)14(15-2)16-9-6-8-11-20-12-17-18-13-20/h4,12-13H,1,5-11H2,2-3H3,(H,15,16). The van der Waals surface area contributed by atoms with E-state index in [1.54, 1.807) is 12.7 Å². The van der Waals surface area contributed by atoms with Gasteiger partial charge in [-0.2, -0.15) is 0 Å². The molecule has 0 aromatic carbocycles. The maximum atomic E-state index is 4.29. The third-order valence-electron chi connectivity index (χ3n) is 3.07. The Kier molecular flexibility index (Phi) is 8.10. The molecule has 112 valence electrons. The van der Waals surface area contributed by atoms with Crippen LogP contribution in [-0.2, 0) is 6.54 Å². The van der Waals surface area contributed by atoms with Crippen LogP contribution < -0.4 is 5.32 Å². The van der Waals surface area contributed by atoms with E-state index in [1.807, 2.05) is 17.7 Å². The number of nitrogens with one attached hydrogen (secondary N) is 1. The van der Waals surface area contributed by atoms with E-state index in [1.165, 1.54) is 0 Å². The second kappa shape index (κ2) is 10.00. The Morgan fingerprint density at radius 1 is 1.35 bits per heavy atom. The van der Waals surface area contributed by atoms with E-state index in [0.29, 0.717) is 0 Å². The third kappa shape index (κ3) is 6.36. The fourth-order valence-electron chi connectivity index (χ4n) is 1.92. The Labute approximate surface area is 121 Å². The molecule has 1 heterocycles. The number of unbranched alkanes of at least 4 members (excludes halogenated alkanes) is 2. The number of hydrogen-bond donors (Lipinski definition) is 1. The summed E-state index contributed by atoms with van der Waals surface area (Å²) in [6, 6.07) is 0. The van der Waals surface area contributed by atoms with Crippen molar-refractivity contribution in [3.8, 4) is 0 Å². The third-order valence-corrected chi connectivity index (χ3v) is 3.07. The molecule has 0 saturated carbocycles. The van der Waals surface area contributed by atoms with E-state index in [9.17, 15) is 0 Å². The Bertz CT molecular complexity index is 384. The number of nitrogens with zero attached hydrogens (tertiary/aromatic N) is 5. The molecule has 6 heteroatoms. The van der Waals surface area contributed by atoms with E-state index in [4.69, 9.17) is 0 Å². The first kappa shape index (κ1) is 16.2. The second-order valence-corrected chi connectivity index (χ2v) is 4.73. The van der Waals surface area contributed by atoms with Crippen molar-refractivity contribution in [1.29, 1.82) is 0 Å². The van der Waals surface area contributed by atoms with Gasteiger partial charge in [-0.25, -0.2) is 0 Å². The largest absolute Gasteiger partial charge is 0.356 e. The van der Waals surface area contributed by atoms with Gasteiger partial charge in [0.25, 0.3) is 0 Å². The number of rotatable bonds is 9. The number of aryl methyl sites for hydroxylation is 1. The fourth-order valence-corrected chi connectivity index (χ4v) is 1.92. The number of hydrogen-bond acceptors (Lipinski definition) is 3. The predicted molar refractivity (Wildman–Crippen MR) is 82.7 cm³/mol. The molecular formula is C14H26N6. The van der Waals surface area contributed by atoms with Crippen molar-refractivity contribution < 1.29 is 0 Å². The van der Waals surface area contributed by atoms with Gasteiger partial charge in [0, 0.05) is 33.7 Å². The molecule has 0 aliphatic carbocycles. The molecule has 0 unspecified atom stereocenters. The molecule has 1 N–H and O–H groups in total. The molecule has 0 radical (unpaired) electrons. The summed E-state index contributed by atoms with van der Waals surface area (Å²) in [6.07, 6.45) is 9.79. The highest BCUT2D eigenvalue weighted by Gasteiger charge is 2.03. The average molecular weight is 278 g/mol. The lowest BCUT2D eigenvalue weighted by atomic mass is 10.3. The molecule has 0 fully saturated rings. The Hall–Kier alpha value is -1.85. The zero-order chi connectivity index (χ0) is 14.6. The van der Waals surface area contributed by atoms with Crippen LogP contribution >= 0.6 is 0 Å². The quantitative estimate of drug-likeness (QED) is 0.322. The van der Waals surface area contributed by atoms with E-state index in [0.717, 1.165) is 51.3 Å². The molecule has 1 aromatic heterocycles. The highest BCUT2D eigenvalue weighted by molar-refractivity contribution is 5.79. The molecule has 1 rings (SSSR count). The van der Waals surface area contributed by atoms with Crippen LogP contribution in [0.1, 0.15) is 25.7 Å². The number of aromatic nitrogens is 3. The van der Waals surface area contributed by atoms with Crippen molar-refractivity contribution in [2.24, 2.45) is 4.99 Å². The maximum Gasteiger partial charge on any atom is 0.193 e. The summed E-state index contributed by atoms with van der Waals surface area (Å²) in [5, 5.41) is 11.0. The molecule has 0 aliphatic rings. The highest BCUT2D eigenvalue weighted by atomic mass is 15.3. The van der Waals surface area contributed by atoms with Crippen LogP contribution in [0.15, 0.2) is 30.3 Å². The van der Waals surface area contributed by atoms with Crippen LogP contribution in [0, 0.1) is 0 Å². The zero-order valence-corrected chi connectivity index (χ0v) is 12.6. The summed E-state index contributed by atoms with van der Waals surface area (Å²) in [5.41, 5.74) is 0. The minimum Gasteiger partial charge on any atom is -0.356 e. The molecular weight excluding hydrogens is 252 g/mol. The first-order chi connectivity index (χ1) is 9.77. The van der Waals surface area contributed by atoms with Crippen molar-refractivity contribution in [1.82, 2.24) is 25.0 Å². The van der Waals surface area contributed by atoms with Crippen LogP contribution in [-0.4, -0.2) is 52.8 Å². The van der Waals surface area contributed by atoms with Gasteiger partial charge in [0.15, 0.2) is 5.96 Å². The van der Waals surface area contributed by atoms with Gasteiger partial charge in [-0.1, -0.05) is 6.08 Å². The summed E-state index contributed by atoms with van der Waals surface area (Å²) in [7, 11) is 3.89. The number of guanidine groups is 1. The number of allylic oxidation sites excluding steroid dienone is 1. The zero-order valence-electron chi connectivity index (χ0n) is 12.6. The predicted octanol–water partition coefficient (Wildman–Crippen LogP) is 1.53. The van der Waals surface area contributed by atoms with Crippen molar-refractivity contribution in [2.75, 3.05) is 27.2 Å². The summed E-state index contributed by atoms with van der Waals surface area (Å²) in [5.74, 6) is 0.957. The maximum absolute atomic E-state index is 4.29. The Balaban J connectivity index is 2.12. The summed E-state index contributed by atoms with van der Waals surface area (Å²) >= 11 is 0. The minimum atomic E-state index is 0.931. The SMILES string of the molecule is C=CCCCN(C)C(=NC)NCCCCn1cnnc1. The lowest BCUT2D eigenvalue weighted by Crippen LogP contribution is -2.39. The minimum absolute atomic E-state index is 0.931. The van der Waals surface area contributed by atoms with E-state index >= 15 is 0 Å². The lowest BCUT2D eigenvalue weighted by Gasteiger charge is -2.21. The van der Waals surface area contributed by atoms with Gasteiger partial charge in [0.2, 0.25) is 0 Å². The van der Waals surface area contributed by atoms with Crippen LogP contribution in [0.3, 0.4) is 0 Å². The molecule has 0 spiro atoms. The molecule has 6 nitrogen and oxygen atoms in total. The molecule has 20 heavy (non-hydrogen) atoms. The van der Waals surface area contributed by atoms with Gasteiger partial charge in [0.1, 0.15) is 12.7 Å². The first-order valence-electron chi connectivity index (χ1n) is 7.13. The summed E-state index contributed by atoms with van der Waals surface area (Å²) in [4.78, 5) is 6.45. The molecule has 0 saturated heterocycles. The average Bonchev–Trinajstić information content (AvgIpc) is 2.96. The Morgan fingerprint density at radius 3 is 2.75 bits per heavy atom. The van der Waals surface area contributed by atoms with Crippen molar-refractivity contribution >= 4 is 5.96 Å². The van der Waals surface area contributed by atoms with Crippen molar-refractivity contribution in [3.05, 3.63) is 25.3 Å². The van der Waals surface area contributed by atoms with Gasteiger partial charge in [0.05, 0.1) is 0 Å². The fraction of sp³-hybridized carbons (Fsp3) is 0.643. The smallest absolute Gasteiger partial charge is 0.193 e. The van der Waals surface area contributed by atoms with Crippen LogP contribution in [0.5, 0.6) is 0 Å². The summed E-state index contributed by atoms with van der Waals surface area (Å²) in [6.45, 7) is 6.62. The molecule has 1 aromatic rings. The van der Waals surface area contributed by atoms with Gasteiger partial charge >= 0.3 is 0 Å².